The monoisotopic (exact) mass is 376 g/mol. The number of amides is 1. The minimum Gasteiger partial charge on any atom is -0.495 e. The van der Waals surface area contributed by atoms with E-state index in [-0.39, 0.29) is 17.2 Å². The Bertz CT molecular complexity index is 894. The van der Waals surface area contributed by atoms with Crippen molar-refractivity contribution in [2.75, 3.05) is 26.0 Å². The predicted octanol–water partition coefficient (Wildman–Crippen LogP) is 2.83. The molecule has 26 heavy (non-hydrogen) atoms. The first kappa shape index (κ1) is 19.9. The van der Waals surface area contributed by atoms with Gasteiger partial charge in [-0.1, -0.05) is 31.2 Å². The normalized spacial score (nSPS) is 11.4. The maximum absolute atomic E-state index is 12.8. The zero-order valence-electron chi connectivity index (χ0n) is 15.4. The number of methoxy groups -OCH3 is 1. The zero-order valence-corrected chi connectivity index (χ0v) is 16.3. The standard InChI is InChI=1S/C19H24N2O4S/c1-5-15-8-6-7-9-16(15)20-19(22)13-21(3)26(23,24)18-12-14(2)10-11-17(18)25-4/h6-12H,5,13H2,1-4H3,(H,20,22). The van der Waals surface area contributed by atoms with Crippen molar-refractivity contribution >= 4 is 21.6 Å². The summed E-state index contributed by atoms with van der Waals surface area (Å²) in [5.74, 6) is -0.150. The predicted molar refractivity (Wildman–Crippen MR) is 102 cm³/mol. The smallest absolute Gasteiger partial charge is 0.246 e. The van der Waals surface area contributed by atoms with Crippen LogP contribution in [0, 0.1) is 6.92 Å². The Balaban J connectivity index is 2.19. The Morgan fingerprint density at radius 2 is 1.88 bits per heavy atom. The van der Waals surface area contributed by atoms with Crippen molar-refractivity contribution in [3.63, 3.8) is 0 Å². The number of aryl methyl sites for hydroxylation is 2. The van der Waals surface area contributed by atoms with Gasteiger partial charge in [-0.25, -0.2) is 8.42 Å². The maximum atomic E-state index is 12.8. The van der Waals surface area contributed by atoms with Crippen LogP contribution in [-0.2, 0) is 21.2 Å². The third-order valence-corrected chi connectivity index (χ3v) is 5.87. The van der Waals surface area contributed by atoms with Crippen LogP contribution in [0.4, 0.5) is 5.69 Å². The molecule has 0 aromatic heterocycles. The Morgan fingerprint density at radius 3 is 2.54 bits per heavy atom. The fourth-order valence-corrected chi connectivity index (χ4v) is 3.94. The van der Waals surface area contributed by atoms with Crippen LogP contribution in [0.2, 0.25) is 0 Å². The Morgan fingerprint density at radius 1 is 1.19 bits per heavy atom. The van der Waals surface area contributed by atoms with E-state index in [0.29, 0.717) is 5.69 Å². The number of anilines is 1. The number of ether oxygens (including phenoxy) is 1. The molecule has 0 aliphatic heterocycles. The molecule has 2 aromatic rings. The summed E-state index contributed by atoms with van der Waals surface area (Å²) in [7, 11) is -1.07. The molecule has 2 rings (SSSR count). The third-order valence-electron chi connectivity index (χ3n) is 4.05. The average Bonchev–Trinajstić information content (AvgIpc) is 2.61. The van der Waals surface area contributed by atoms with E-state index >= 15 is 0 Å². The van der Waals surface area contributed by atoms with Crippen LogP contribution in [0.1, 0.15) is 18.1 Å². The highest BCUT2D eigenvalue weighted by atomic mass is 32.2. The quantitative estimate of drug-likeness (QED) is 0.806. The van der Waals surface area contributed by atoms with E-state index in [1.165, 1.54) is 20.2 Å². The number of benzene rings is 2. The first-order chi connectivity index (χ1) is 12.3. The summed E-state index contributed by atoms with van der Waals surface area (Å²) in [5, 5.41) is 2.78. The van der Waals surface area contributed by atoms with Gasteiger partial charge in [-0.05, 0) is 42.7 Å². The van der Waals surface area contributed by atoms with E-state index in [9.17, 15) is 13.2 Å². The van der Waals surface area contributed by atoms with Gasteiger partial charge in [-0.15, -0.1) is 0 Å². The summed E-state index contributed by atoms with van der Waals surface area (Å²) >= 11 is 0. The summed E-state index contributed by atoms with van der Waals surface area (Å²) in [4.78, 5) is 12.4. The molecular formula is C19H24N2O4S. The molecule has 140 valence electrons. The molecule has 0 saturated heterocycles. The van der Waals surface area contributed by atoms with E-state index in [4.69, 9.17) is 4.74 Å². The van der Waals surface area contributed by atoms with Crippen LogP contribution in [0.3, 0.4) is 0 Å². The molecule has 0 unspecified atom stereocenters. The first-order valence-corrected chi connectivity index (χ1v) is 9.72. The third kappa shape index (κ3) is 4.42. The molecule has 7 heteroatoms. The van der Waals surface area contributed by atoms with Gasteiger partial charge in [0.1, 0.15) is 10.6 Å². The summed E-state index contributed by atoms with van der Waals surface area (Å²) in [6.07, 6.45) is 0.769. The van der Waals surface area contributed by atoms with Gasteiger partial charge in [0.15, 0.2) is 0 Å². The fourth-order valence-electron chi connectivity index (χ4n) is 2.58. The summed E-state index contributed by atoms with van der Waals surface area (Å²) in [6, 6.07) is 12.4. The molecule has 0 radical (unpaired) electrons. The van der Waals surface area contributed by atoms with Crippen molar-refractivity contribution in [1.29, 1.82) is 0 Å². The number of likely N-dealkylation sites (N-methyl/N-ethyl adjacent to an activating group) is 1. The topological polar surface area (TPSA) is 75.7 Å². The van der Waals surface area contributed by atoms with Crippen molar-refractivity contribution < 1.29 is 17.9 Å². The van der Waals surface area contributed by atoms with Crippen molar-refractivity contribution in [1.82, 2.24) is 4.31 Å². The molecule has 0 aliphatic rings. The average molecular weight is 376 g/mol. The lowest BCUT2D eigenvalue weighted by Crippen LogP contribution is -2.35. The van der Waals surface area contributed by atoms with Crippen LogP contribution >= 0.6 is 0 Å². The van der Waals surface area contributed by atoms with Crippen molar-refractivity contribution in [2.45, 2.75) is 25.2 Å². The number of para-hydroxylation sites is 1. The molecule has 0 aliphatic carbocycles. The highest BCUT2D eigenvalue weighted by Crippen LogP contribution is 2.27. The summed E-state index contributed by atoms with van der Waals surface area (Å²) < 4.78 is 31.9. The highest BCUT2D eigenvalue weighted by Gasteiger charge is 2.26. The van der Waals surface area contributed by atoms with Gasteiger partial charge in [0.2, 0.25) is 15.9 Å². The number of carbonyl (C=O) groups is 1. The molecule has 0 fully saturated rings. The maximum Gasteiger partial charge on any atom is 0.246 e. The van der Waals surface area contributed by atoms with Gasteiger partial charge in [0, 0.05) is 12.7 Å². The van der Waals surface area contributed by atoms with Gasteiger partial charge in [-0.3, -0.25) is 4.79 Å². The van der Waals surface area contributed by atoms with Gasteiger partial charge < -0.3 is 10.1 Å². The van der Waals surface area contributed by atoms with Gasteiger partial charge in [0.05, 0.1) is 13.7 Å². The number of sulfonamides is 1. The van der Waals surface area contributed by atoms with Crippen LogP contribution < -0.4 is 10.1 Å². The van der Waals surface area contributed by atoms with Crippen molar-refractivity contribution in [3.05, 3.63) is 53.6 Å². The van der Waals surface area contributed by atoms with Gasteiger partial charge >= 0.3 is 0 Å². The molecule has 2 aromatic carbocycles. The lowest BCUT2D eigenvalue weighted by molar-refractivity contribution is -0.116. The molecular weight excluding hydrogens is 352 g/mol. The zero-order chi connectivity index (χ0) is 19.3. The van der Waals surface area contributed by atoms with Crippen LogP contribution in [0.25, 0.3) is 0 Å². The molecule has 1 amide bonds. The number of carbonyl (C=O) groups excluding carboxylic acids is 1. The largest absolute Gasteiger partial charge is 0.495 e. The van der Waals surface area contributed by atoms with Crippen LogP contribution in [-0.4, -0.2) is 39.3 Å². The minimum atomic E-state index is -3.86. The molecule has 0 saturated carbocycles. The molecule has 0 heterocycles. The van der Waals surface area contributed by atoms with Gasteiger partial charge in [0.25, 0.3) is 0 Å². The molecule has 0 bridgehead atoms. The van der Waals surface area contributed by atoms with E-state index in [1.807, 2.05) is 25.1 Å². The van der Waals surface area contributed by atoms with E-state index in [1.54, 1.807) is 25.1 Å². The lowest BCUT2D eigenvalue weighted by atomic mass is 10.1. The second kappa shape index (κ2) is 8.33. The molecule has 0 atom stereocenters. The number of nitrogens with one attached hydrogen (secondary N) is 1. The minimum absolute atomic E-state index is 0.0456. The Labute approximate surface area is 154 Å². The van der Waals surface area contributed by atoms with Crippen molar-refractivity contribution in [2.24, 2.45) is 0 Å². The van der Waals surface area contributed by atoms with E-state index < -0.39 is 15.9 Å². The van der Waals surface area contributed by atoms with Gasteiger partial charge in [-0.2, -0.15) is 4.31 Å². The second-order valence-electron chi connectivity index (χ2n) is 5.97. The fraction of sp³-hybridized carbons (Fsp3) is 0.316. The van der Waals surface area contributed by atoms with Crippen LogP contribution in [0.5, 0.6) is 5.75 Å². The lowest BCUT2D eigenvalue weighted by Gasteiger charge is -2.19. The number of hydrogen-bond acceptors (Lipinski definition) is 4. The SMILES string of the molecule is CCc1ccccc1NC(=O)CN(C)S(=O)(=O)c1cc(C)ccc1OC. The molecule has 0 spiro atoms. The number of hydrogen-bond donors (Lipinski definition) is 1. The Hall–Kier alpha value is -2.38. The van der Waals surface area contributed by atoms with Crippen LogP contribution in [0.15, 0.2) is 47.4 Å². The summed E-state index contributed by atoms with van der Waals surface area (Å²) in [6.45, 7) is 3.50. The molecule has 6 nitrogen and oxygen atoms in total. The summed E-state index contributed by atoms with van der Waals surface area (Å²) in [5.41, 5.74) is 2.48. The second-order valence-corrected chi connectivity index (χ2v) is 7.99. The van der Waals surface area contributed by atoms with Crippen molar-refractivity contribution in [3.8, 4) is 5.75 Å². The number of nitrogens with zero attached hydrogens (tertiary/aromatic N) is 1. The highest BCUT2D eigenvalue weighted by molar-refractivity contribution is 7.89. The first-order valence-electron chi connectivity index (χ1n) is 8.28. The van der Waals surface area contributed by atoms with E-state index in [0.717, 1.165) is 21.9 Å². The molecule has 1 N–H and O–H groups in total. The number of rotatable bonds is 7. The Kier molecular flexibility index (Phi) is 6.39. The van der Waals surface area contributed by atoms with E-state index in [2.05, 4.69) is 5.32 Å².